The molecule has 0 aliphatic carbocycles. The van der Waals surface area contributed by atoms with Gasteiger partial charge in [0.05, 0.1) is 13.2 Å². The second-order valence-corrected chi connectivity index (χ2v) is 8.53. The van der Waals surface area contributed by atoms with Crippen LogP contribution >= 0.6 is 0 Å². The van der Waals surface area contributed by atoms with Gasteiger partial charge in [0.2, 0.25) is 5.91 Å². The van der Waals surface area contributed by atoms with Gasteiger partial charge in [-0.3, -0.25) is 14.6 Å². The molecule has 2 aromatic rings. The number of carbonyl (C=O) groups excluding carboxylic acids is 2. The SMILES string of the molecule is COc1ccc(N2C(=O)OCC2CN2CCCCC2Cc2ccc(NC(C)=O)cc2)cc1. The first-order valence-corrected chi connectivity index (χ1v) is 11.2. The van der Waals surface area contributed by atoms with Crippen molar-refractivity contribution < 1.29 is 19.1 Å². The van der Waals surface area contributed by atoms with E-state index in [0.29, 0.717) is 12.6 Å². The molecule has 0 saturated carbocycles. The Bertz CT molecular complexity index is 929. The van der Waals surface area contributed by atoms with Crippen molar-refractivity contribution in [3.63, 3.8) is 0 Å². The van der Waals surface area contributed by atoms with Crippen LogP contribution in [-0.2, 0) is 16.0 Å². The molecule has 7 nitrogen and oxygen atoms in total. The van der Waals surface area contributed by atoms with Crippen LogP contribution in [0.5, 0.6) is 5.75 Å². The Balaban J connectivity index is 1.43. The van der Waals surface area contributed by atoms with E-state index in [1.807, 2.05) is 36.4 Å². The van der Waals surface area contributed by atoms with Crippen LogP contribution in [-0.4, -0.2) is 55.8 Å². The minimum Gasteiger partial charge on any atom is -0.497 e. The third-order valence-electron chi connectivity index (χ3n) is 6.25. The molecule has 2 fully saturated rings. The smallest absolute Gasteiger partial charge is 0.414 e. The standard InChI is InChI=1S/C25H31N3O4/c1-18(29)26-20-8-6-19(7-9-20)15-22-5-3-4-14-27(22)16-23-17-32-25(30)28(23)21-10-12-24(31-2)13-11-21/h6-13,22-23H,3-5,14-17H2,1-2H3,(H,26,29). The molecular formula is C25H31N3O4. The summed E-state index contributed by atoms with van der Waals surface area (Å²) in [4.78, 5) is 28.0. The molecule has 2 saturated heterocycles. The van der Waals surface area contributed by atoms with Crippen LogP contribution in [0.2, 0.25) is 0 Å². The zero-order chi connectivity index (χ0) is 22.5. The van der Waals surface area contributed by atoms with Crippen LogP contribution in [0.25, 0.3) is 0 Å². The van der Waals surface area contributed by atoms with Crippen molar-refractivity contribution in [1.29, 1.82) is 0 Å². The van der Waals surface area contributed by atoms with E-state index < -0.39 is 0 Å². The molecule has 2 aromatic carbocycles. The van der Waals surface area contributed by atoms with Crippen molar-refractivity contribution in [3.8, 4) is 5.75 Å². The third kappa shape index (κ3) is 5.22. The molecule has 7 heteroatoms. The average molecular weight is 438 g/mol. The summed E-state index contributed by atoms with van der Waals surface area (Å²) < 4.78 is 10.7. The summed E-state index contributed by atoms with van der Waals surface area (Å²) in [5.74, 6) is 0.699. The van der Waals surface area contributed by atoms with Crippen LogP contribution in [0.3, 0.4) is 0 Å². The lowest BCUT2D eigenvalue weighted by atomic mass is 9.95. The summed E-state index contributed by atoms with van der Waals surface area (Å²) in [7, 11) is 1.63. The summed E-state index contributed by atoms with van der Waals surface area (Å²) in [6.07, 6.45) is 4.18. The van der Waals surface area contributed by atoms with Crippen molar-refractivity contribution in [2.75, 3.05) is 37.0 Å². The third-order valence-corrected chi connectivity index (χ3v) is 6.25. The monoisotopic (exact) mass is 437 g/mol. The van der Waals surface area contributed by atoms with Crippen molar-refractivity contribution in [1.82, 2.24) is 4.90 Å². The van der Waals surface area contributed by atoms with Crippen LogP contribution in [0.1, 0.15) is 31.7 Å². The van der Waals surface area contributed by atoms with Crippen molar-refractivity contribution >= 4 is 23.4 Å². The molecule has 2 atom stereocenters. The number of hydrogen-bond acceptors (Lipinski definition) is 5. The highest BCUT2D eigenvalue weighted by Gasteiger charge is 2.37. The highest BCUT2D eigenvalue weighted by atomic mass is 16.6. The predicted molar refractivity (Wildman–Crippen MR) is 124 cm³/mol. The maximum Gasteiger partial charge on any atom is 0.414 e. The lowest BCUT2D eigenvalue weighted by Crippen LogP contribution is -2.49. The summed E-state index contributed by atoms with van der Waals surface area (Å²) in [5, 5.41) is 2.82. The van der Waals surface area contributed by atoms with E-state index in [1.54, 1.807) is 12.0 Å². The number of benzene rings is 2. The fraction of sp³-hybridized carbons (Fsp3) is 0.440. The van der Waals surface area contributed by atoms with E-state index in [-0.39, 0.29) is 18.0 Å². The number of likely N-dealkylation sites (tertiary alicyclic amines) is 1. The second kappa shape index (κ2) is 10.0. The highest BCUT2D eigenvalue weighted by Crippen LogP contribution is 2.28. The van der Waals surface area contributed by atoms with Gasteiger partial charge in [0.25, 0.3) is 0 Å². The topological polar surface area (TPSA) is 71.1 Å². The van der Waals surface area contributed by atoms with E-state index in [9.17, 15) is 9.59 Å². The molecule has 2 unspecified atom stereocenters. The highest BCUT2D eigenvalue weighted by molar-refractivity contribution is 5.90. The van der Waals surface area contributed by atoms with Gasteiger partial charge < -0.3 is 14.8 Å². The molecule has 2 heterocycles. The Morgan fingerprint density at radius 1 is 1.09 bits per heavy atom. The molecule has 4 rings (SSSR count). The van der Waals surface area contributed by atoms with Gasteiger partial charge in [-0.05, 0) is 67.8 Å². The van der Waals surface area contributed by atoms with Crippen molar-refractivity contribution in [2.45, 2.75) is 44.7 Å². The number of anilines is 2. The zero-order valence-electron chi connectivity index (χ0n) is 18.8. The minimum absolute atomic E-state index is 0.0152. The number of ether oxygens (including phenoxy) is 2. The first kappa shape index (κ1) is 22.1. The Morgan fingerprint density at radius 3 is 2.53 bits per heavy atom. The number of cyclic esters (lactones) is 1. The van der Waals surface area contributed by atoms with Gasteiger partial charge in [0.15, 0.2) is 0 Å². The fourth-order valence-corrected chi connectivity index (χ4v) is 4.66. The number of rotatable bonds is 7. The molecule has 1 N–H and O–H groups in total. The number of nitrogens with one attached hydrogen (secondary N) is 1. The molecule has 2 aliphatic rings. The number of methoxy groups -OCH3 is 1. The van der Waals surface area contributed by atoms with Crippen LogP contribution in [0.15, 0.2) is 48.5 Å². The van der Waals surface area contributed by atoms with E-state index in [0.717, 1.165) is 43.1 Å². The molecule has 2 amide bonds. The van der Waals surface area contributed by atoms with Gasteiger partial charge in [-0.2, -0.15) is 0 Å². The summed E-state index contributed by atoms with van der Waals surface area (Å²) in [6, 6.07) is 16.0. The Morgan fingerprint density at radius 2 is 1.84 bits per heavy atom. The van der Waals surface area contributed by atoms with Gasteiger partial charge in [0.1, 0.15) is 12.4 Å². The van der Waals surface area contributed by atoms with Gasteiger partial charge in [-0.1, -0.05) is 18.6 Å². The molecule has 32 heavy (non-hydrogen) atoms. The largest absolute Gasteiger partial charge is 0.497 e. The first-order chi connectivity index (χ1) is 15.5. The molecule has 0 radical (unpaired) electrons. The maximum absolute atomic E-state index is 12.5. The number of hydrogen-bond donors (Lipinski definition) is 1. The first-order valence-electron chi connectivity index (χ1n) is 11.2. The molecule has 0 spiro atoms. The molecular weight excluding hydrogens is 406 g/mol. The Labute approximate surface area is 189 Å². The van der Waals surface area contributed by atoms with E-state index >= 15 is 0 Å². The molecule has 0 aromatic heterocycles. The molecule has 2 aliphatic heterocycles. The van der Waals surface area contributed by atoms with Gasteiger partial charge >= 0.3 is 6.09 Å². The minimum atomic E-state index is -0.290. The van der Waals surface area contributed by atoms with E-state index in [4.69, 9.17) is 9.47 Å². The van der Waals surface area contributed by atoms with Crippen molar-refractivity contribution in [2.24, 2.45) is 0 Å². The number of piperidine rings is 1. The summed E-state index contributed by atoms with van der Waals surface area (Å²) >= 11 is 0. The van der Waals surface area contributed by atoms with E-state index in [1.165, 1.54) is 25.3 Å². The average Bonchev–Trinajstić information content (AvgIpc) is 3.16. The number of carbonyl (C=O) groups is 2. The molecule has 0 bridgehead atoms. The van der Waals surface area contributed by atoms with Crippen LogP contribution in [0.4, 0.5) is 16.2 Å². The molecule has 170 valence electrons. The summed E-state index contributed by atoms with van der Waals surface area (Å²) in [6.45, 7) is 3.72. The maximum atomic E-state index is 12.5. The normalized spacial score (nSPS) is 21.3. The predicted octanol–water partition coefficient (Wildman–Crippen LogP) is 4.08. The Hall–Kier alpha value is -3.06. The second-order valence-electron chi connectivity index (χ2n) is 8.53. The van der Waals surface area contributed by atoms with Gasteiger partial charge in [-0.25, -0.2) is 4.79 Å². The number of nitrogens with zero attached hydrogens (tertiary/aromatic N) is 2. The lowest BCUT2D eigenvalue weighted by Gasteiger charge is -2.38. The van der Waals surface area contributed by atoms with Gasteiger partial charge in [-0.15, -0.1) is 0 Å². The lowest BCUT2D eigenvalue weighted by molar-refractivity contribution is -0.114. The van der Waals surface area contributed by atoms with E-state index in [2.05, 4.69) is 22.3 Å². The van der Waals surface area contributed by atoms with Crippen LogP contribution in [0, 0.1) is 0 Å². The number of amides is 2. The fourth-order valence-electron chi connectivity index (χ4n) is 4.66. The van der Waals surface area contributed by atoms with Crippen LogP contribution < -0.4 is 15.0 Å². The van der Waals surface area contributed by atoms with Gasteiger partial charge in [0, 0.05) is 30.9 Å². The van der Waals surface area contributed by atoms with Crippen molar-refractivity contribution in [3.05, 3.63) is 54.1 Å². The summed E-state index contributed by atoms with van der Waals surface area (Å²) in [5.41, 5.74) is 2.90. The quantitative estimate of drug-likeness (QED) is 0.707. The zero-order valence-corrected chi connectivity index (χ0v) is 18.8. The Kier molecular flexibility index (Phi) is 6.95.